The Labute approximate surface area is 182 Å². The van der Waals surface area contributed by atoms with Crippen LogP contribution in [0.5, 0.6) is 0 Å². The van der Waals surface area contributed by atoms with Crippen molar-refractivity contribution in [1.82, 2.24) is 10.2 Å². The lowest BCUT2D eigenvalue weighted by Gasteiger charge is -2.56. The van der Waals surface area contributed by atoms with Crippen LogP contribution in [0.2, 0.25) is 0 Å². The van der Waals surface area contributed by atoms with E-state index in [1.54, 1.807) is 0 Å². The summed E-state index contributed by atoms with van der Waals surface area (Å²) in [6, 6.07) is -1.01. The van der Waals surface area contributed by atoms with Crippen LogP contribution < -0.4 is 5.32 Å². The number of hydrogen-bond acceptors (Lipinski definition) is 5. The number of carbonyl (C=O) groups excluding carboxylic acids is 4. The summed E-state index contributed by atoms with van der Waals surface area (Å²) in [4.78, 5) is 51.2. The van der Waals surface area contributed by atoms with Gasteiger partial charge in [-0.3, -0.25) is 19.3 Å². The third-order valence-corrected chi connectivity index (χ3v) is 8.44. The molecule has 0 aromatic rings. The van der Waals surface area contributed by atoms with Gasteiger partial charge in [0.1, 0.15) is 6.04 Å². The monoisotopic (exact) mass is 428 g/mol. The molecular weight excluding hydrogens is 396 g/mol. The predicted molar refractivity (Wildman–Crippen MR) is 111 cm³/mol. The number of rotatable bonds is 6. The normalized spacial score (nSPS) is 38.9. The van der Waals surface area contributed by atoms with E-state index >= 15 is 0 Å². The van der Waals surface area contributed by atoms with Crippen LogP contribution in [0.15, 0.2) is 12.2 Å². The molecule has 1 heterocycles. The van der Waals surface area contributed by atoms with Crippen LogP contribution >= 0.6 is 0 Å². The van der Waals surface area contributed by atoms with E-state index in [2.05, 4.69) is 5.32 Å². The van der Waals surface area contributed by atoms with E-state index in [-0.39, 0.29) is 41.6 Å². The first-order chi connectivity index (χ1) is 14.8. The average molecular weight is 429 g/mol. The molecule has 4 saturated carbocycles. The van der Waals surface area contributed by atoms with Gasteiger partial charge in [0.25, 0.3) is 5.91 Å². The highest BCUT2D eigenvalue weighted by atomic mass is 16.5. The number of esters is 1. The maximum absolute atomic E-state index is 12.6. The first-order valence-corrected chi connectivity index (χ1v) is 11.8. The van der Waals surface area contributed by atoms with Crippen molar-refractivity contribution in [3.63, 3.8) is 0 Å². The lowest BCUT2D eigenvalue weighted by atomic mass is 9.49. The summed E-state index contributed by atoms with van der Waals surface area (Å²) in [7, 11) is 0. The molecule has 4 bridgehead atoms. The minimum Gasteiger partial charge on any atom is -0.454 e. The highest BCUT2D eigenvalue weighted by molar-refractivity contribution is 6.08. The Hall–Kier alpha value is -2.18. The summed E-state index contributed by atoms with van der Waals surface area (Å²) in [5, 5.41) is 2.99. The minimum absolute atomic E-state index is 0.223. The molecule has 0 aromatic heterocycles. The largest absolute Gasteiger partial charge is 0.454 e. The minimum atomic E-state index is -1.01. The number of carbonyl (C=O) groups is 4. The van der Waals surface area contributed by atoms with E-state index < -0.39 is 12.0 Å². The quantitative estimate of drug-likeness (QED) is 0.398. The van der Waals surface area contributed by atoms with Crippen molar-refractivity contribution < 1.29 is 23.9 Å². The van der Waals surface area contributed by atoms with Crippen molar-refractivity contribution in [2.24, 2.45) is 35.0 Å². The molecule has 1 N–H and O–H groups in total. The Balaban J connectivity index is 1.11. The fraction of sp³-hybridized carbons (Fsp3) is 0.750. The fourth-order valence-electron chi connectivity index (χ4n) is 7.41. The second-order valence-electron chi connectivity index (χ2n) is 10.7. The van der Waals surface area contributed by atoms with Crippen LogP contribution in [-0.4, -0.2) is 47.8 Å². The van der Waals surface area contributed by atoms with Gasteiger partial charge in [0, 0.05) is 6.54 Å². The molecule has 5 aliphatic carbocycles. The fourth-order valence-corrected chi connectivity index (χ4v) is 7.41. The number of imide groups is 1. The van der Waals surface area contributed by atoms with Crippen molar-refractivity contribution in [2.75, 3.05) is 13.2 Å². The molecule has 0 unspecified atom stereocenters. The summed E-state index contributed by atoms with van der Waals surface area (Å²) >= 11 is 0. The Kier molecular flexibility index (Phi) is 5.18. The van der Waals surface area contributed by atoms with Gasteiger partial charge in [0.15, 0.2) is 6.61 Å². The van der Waals surface area contributed by atoms with Gasteiger partial charge in [-0.1, -0.05) is 12.2 Å². The smallest absolute Gasteiger partial charge is 0.329 e. The van der Waals surface area contributed by atoms with Crippen LogP contribution in [0.3, 0.4) is 0 Å². The molecule has 3 amide bonds. The molecule has 0 radical (unpaired) electrons. The van der Waals surface area contributed by atoms with Gasteiger partial charge in [-0.2, -0.15) is 0 Å². The van der Waals surface area contributed by atoms with E-state index in [1.807, 2.05) is 12.2 Å². The van der Waals surface area contributed by atoms with Gasteiger partial charge < -0.3 is 10.1 Å². The molecule has 0 aromatic carbocycles. The van der Waals surface area contributed by atoms with Gasteiger partial charge in [-0.25, -0.2) is 4.79 Å². The van der Waals surface area contributed by atoms with Crippen molar-refractivity contribution in [3.8, 4) is 0 Å². The third-order valence-electron chi connectivity index (χ3n) is 8.44. The van der Waals surface area contributed by atoms with Crippen molar-refractivity contribution in [3.05, 3.63) is 12.2 Å². The summed E-state index contributed by atoms with van der Waals surface area (Å²) in [6.45, 7) is 1.78. The lowest BCUT2D eigenvalue weighted by molar-refractivity contribution is -0.159. The van der Waals surface area contributed by atoms with Crippen molar-refractivity contribution in [1.29, 1.82) is 0 Å². The highest BCUT2D eigenvalue weighted by Gasteiger charge is 2.51. The Morgan fingerprint density at radius 1 is 1.03 bits per heavy atom. The number of nitrogens with one attached hydrogen (secondary N) is 1. The molecule has 6 rings (SSSR count). The van der Waals surface area contributed by atoms with Gasteiger partial charge in [-0.15, -0.1) is 0 Å². The average Bonchev–Trinajstić information content (AvgIpc) is 2.99. The zero-order valence-electron chi connectivity index (χ0n) is 18.2. The summed E-state index contributed by atoms with van der Waals surface area (Å²) in [5.41, 5.74) is 0.223. The van der Waals surface area contributed by atoms with Crippen molar-refractivity contribution in [2.45, 2.75) is 64.3 Å². The number of ether oxygens (including phenoxy) is 1. The summed E-state index contributed by atoms with van der Waals surface area (Å²) < 4.78 is 5.19. The summed E-state index contributed by atoms with van der Waals surface area (Å²) in [5.74, 6) is 0.0491. The Morgan fingerprint density at radius 2 is 1.55 bits per heavy atom. The van der Waals surface area contributed by atoms with E-state index in [1.165, 1.54) is 45.4 Å². The zero-order chi connectivity index (χ0) is 21.8. The summed E-state index contributed by atoms with van der Waals surface area (Å²) in [6.07, 6.45) is 12.5. The van der Waals surface area contributed by atoms with Gasteiger partial charge >= 0.3 is 5.97 Å². The number of amides is 3. The standard InChI is InChI=1S/C24H32N2O5/c1-14(26-21(28)18-4-2-3-5-19(18)22(26)29)23(30)31-12-20(27)25-13-24-9-15-6-16(10-24)8-17(7-15)11-24/h2-3,14-19H,4-13H2,1H3,(H,25,27)/t14-,15?,16?,17?,18+,19+,24?/m0/s1. The number of fused-ring (bicyclic) bond motifs is 1. The molecular formula is C24H32N2O5. The van der Waals surface area contributed by atoms with Crippen LogP contribution in [-0.2, 0) is 23.9 Å². The highest BCUT2D eigenvalue weighted by Crippen LogP contribution is 2.59. The number of hydrogen-bond donors (Lipinski definition) is 1. The van der Waals surface area contributed by atoms with Crippen LogP contribution in [0.25, 0.3) is 0 Å². The predicted octanol–water partition coefficient (Wildman–Crippen LogP) is 2.20. The molecule has 168 valence electrons. The molecule has 6 aliphatic rings. The zero-order valence-corrected chi connectivity index (χ0v) is 18.2. The van der Waals surface area contributed by atoms with E-state index in [4.69, 9.17) is 4.74 Å². The number of nitrogens with zero attached hydrogens (tertiary/aromatic N) is 1. The maximum Gasteiger partial charge on any atom is 0.329 e. The number of allylic oxidation sites excluding steroid dienone is 2. The van der Waals surface area contributed by atoms with E-state index in [9.17, 15) is 19.2 Å². The van der Waals surface area contributed by atoms with Crippen LogP contribution in [0.1, 0.15) is 58.3 Å². The van der Waals surface area contributed by atoms with Crippen LogP contribution in [0, 0.1) is 35.0 Å². The second-order valence-corrected chi connectivity index (χ2v) is 10.7. The molecule has 7 nitrogen and oxygen atoms in total. The molecule has 0 spiro atoms. The molecule has 3 atom stereocenters. The van der Waals surface area contributed by atoms with Gasteiger partial charge in [0.05, 0.1) is 11.8 Å². The first-order valence-electron chi connectivity index (χ1n) is 11.8. The molecule has 7 heteroatoms. The Morgan fingerprint density at radius 3 is 2.06 bits per heavy atom. The lowest BCUT2D eigenvalue weighted by Crippen LogP contribution is -2.51. The molecule has 1 saturated heterocycles. The van der Waals surface area contributed by atoms with E-state index in [0.717, 1.165) is 22.7 Å². The molecule has 31 heavy (non-hydrogen) atoms. The van der Waals surface area contributed by atoms with Crippen molar-refractivity contribution >= 4 is 23.7 Å². The van der Waals surface area contributed by atoms with Gasteiger partial charge in [0.2, 0.25) is 11.8 Å². The van der Waals surface area contributed by atoms with Crippen LogP contribution in [0.4, 0.5) is 0 Å². The maximum atomic E-state index is 12.6. The van der Waals surface area contributed by atoms with E-state index in [0.29, 0.717) is 19.4 Å². The first kappa shape index (κ1) is 20.7. The van der Waals surface area contributed by atoms with Gasteiger partial charge in [-0.05, 0) is 81.5 Å². The Bertz CT molecular complexity index is 773. The molecule has 1 aliphatic heterocycles. The second kappa shape index (κ2) is 7.75. The molecule has 5 fully saturated rings. The third kappa shape index (κ3) is 3.70. The number of likely N-dealkylation sites (tertiary alicyclic amines) is 1. The SMILES string of the molecule is C[C@@H](C(=O)OCC(=O)NCC12CC3CC(CC(C3)C1)C2)N1C(=O)[C@@H]2CC=CC[C@H]2C1=O. The topological polar surface area (TPSA) is 92.8 Å².